The number of aryl methyl sites for hydroxylation is 1. The highest BCUT2D eigenvalue weighted by atomic mass is 16.6. The number of carbonyl (C=O) groups is 2. The fraction of sp³-hybridized carbons (Fsp3) is 0.640. The minimum Gasteiger partial charge on any atom is -0.467 e. The van der Waals surface area contributed by atoms with Crippen molar-refractivity contribution in [1.29, 1.82) is 0 Å². The number of fused-ring (bicyclic) bond motifs is 5. The first-order valence-electron chi connectivity index (χ1n) is 11.9. The summed E-state index contributed by atoms with van der Waals surface area (Å²) in [4.78, 5) is 32.0. The Morgan fingerprint density at radius 1 is 1.30 bits per heavy atom. The zero-order chi connectivity index (χ0) is 23.6. The molecule has 1 N–H and O–H groups in total. The summed E-state index contributed by atoms with van der Waals surface area (Å²) in [5.74, 6) is 0.374. The van der Waals surface area contributed by atoms with E-state index < -0.39 is 11.7 Å². The molecule has 180 valence electrons. The number of piperidine rings is 1. The number of allylic oxidation sites excluding steroid dienone is 1. The summed E-state index contributed by atoms with van der Waals surface area (Å²) < 4.78 is 17.7. The maximum absolute atomic E-state index is 13.2. The number of hydrogen-bond donors (Lipinski definition) is 1. The van der Waals surface area contributed by atoms with Gasteiger partial charge in [-0.15, -0.1) is 0 Å². The summed E-state index contributed by atoms with van der Waals surface area (Å²) >= 11 is 0. The van der Waals surface area contributed by atoms with Crippen molar-refractivity contribution >= 4 is 17.6 Å². The van der Waals surface area contributed by atoms with Crippen LogP contribution < -0.4 is 10.1 Å². The zero-order valence-electron chi connectivity index (χ0n) is 20.1. The Kier molecular flexibility index (Phi) is 6.93. The first-order valence-corrected chi connectivity index (χ1v) is 11.9. The Balaban J connectivity index is 1.58. The first kappa shape index (κ1) is 23.5. The normalized spacial score (nSPS) is 25.9. The lowest BCUT2D eigenvalue weighted by Gasteiger charge is -2.42. The van der Waals surface area contributed by atoms with Crippen LogP contribution in [0.2, 0.25) is 0 Å². The molecule has 1 aliphatic carbocycles. The van der Waals surface area contributed by atoms with E-state index >= 15 is 0 Å². The fourth-order valence-electron chi connectivity index (χ4n) is 4.87. The van der Waals surface area contributed by atoms with Crippen LogP contribution in [-0.4, -0.2) is 65.4 Å². The standard InChI is InChI=1S/C25H35N3O5/c1-16-11-12-26-23-22(16)17-7-9-18(10-8-17)31-14-20-19(27-24(30)33-25(2,3)4)6-5-13-28(20)21(29)15-32-23/h7,11-12,18-20H,5-6,8-10,13-15H2,1-4H3,(H,27,30)/t18?,19-,20-/m0/s1. The van der Waals surface area contributed by atoms with Gasteiger partial charge in [-0.2, -0.15) is 0 Å². The second-order valence-electron chi connectivity index (χ2n) is 10.1. The van der Waals surface area contributed by atoms with Gasteiger partial charge < -0.3 is 24.4 Å². The van der Waals surface area contributed by atoms with Crippen molar-refractivity contribution in [2.24, 2.45) is 0 Å². The molecule has 1 unspecified atom stereocenters. The van der Waals surface area contributed by atoms with E-state index in [0.29, 0.717) is 19.0 Å². The van der Waals surface area contributed by atoms with Gasteiger partial charge in [-0.25, -0.2) is 9.78 Å². The molecule has 1 aromatic heterocycles. The first-order chi connectivity index (χ1) is 15.7. The van der Waals surface area contributed by atoms with Crippen LogP contribution in [0.3, 0.4) is 0 Å². The van der Waals surface area contributed by atoms with E-state index in [1.807, 2.05) is 33.8 Å². The molecule has 4 heterocycles. The van der Waals surface area contributed by atoms with Crippen LogP contribution in [0.1, 0.15) is 64.0 Å². The quantitative estimate of drug-likeness (QED) is 0.693. The summed E-state index contributed by atoms with van der Waals surface area (Å²) in [6.07, 6.45) is 7.64. The van der Waals surface area contributed by atoms with Crippen molar-refractivity contribution in [3.05, 3.63) is 29.5 Å². The van der Waals surface area contributed by atoms with Gasteiger partial charge in [0.25, 0.3) is 5.91 Å². The number of pyridine rings is 1. The number of rotatable bonds is 1. The summed E-state index contributed by atoms with van der Waals surface area (Å²) in [6.45, 7) is 8.41. The molecule has 1 fully saturated rings. The fourth-order valence-corrected chi connectivity index (χ4v) is 4.87. The largest absolute Gasteiger partial charge is 0.467 e. The third-order valence-corrected chi connectivity index (χ3v) is 6.44. The van der Waals surface area contributed by atoms with E-state index in [9.17, 15) is 9.59 Å². The van der Waals surface area contributed by atoms with E-state index in [-0.39, 0.29) is 30.7 Å². The lowest BCUT2D eigenvalue weighted by molar-refractivity contribution is -0.140. The molecule has 2 bridgehead atoms. The second-order valence-corrected chi connectivity index (χ2v) is 10.1. The maximum atomic E-state index is 13.2. The van der Waals surface area contributed by atoms with Gasteiger partial charge in [0.2, 0.25) is 5.88 Å². The van der Waals surface area contributed by atoms with Crippen LogP contribution in [0, 0.1) is 6.92 Å². The van der Waals surface area contributed by atoms with E-state index in [1.165, 1.54) is 5.57 Å². The minimum atomic E-state index is -0.589. The third-order valence-electron chi connectivity index (χ3n) is 6.44. The average molecular weight is 458 g/mol. The van der Waals surface area contributed by atoms with Gasteiger partial charge in [-0.1, -0.05) is 6.08 Å². The van der Waals surface area contributed by atoms with E-state index in [1.54, 1.807) is 11.1 Å². The lowest BCUT2D eigenvalue weighted by atomic mass is 9.90. The highest BCUT2D eigenvalue weighted by Gasteiger charge is 2.37. The van der Waals surface area contributed by atoms with Gasteiger partial charge in [0.15, 0.2) is 6.61 Å². The number of ether oxygens (including phenoxy) is 3. The Bertz CT molecular complexity index is 923. The Morgan fingerprint density at radius 2 is 2.12 bits per heavy atom. The van der Waals surface area contributed by atoms with Crippen LogP contribution in [0.4, 0.5) is 4.79 Å². The van der Waals surface area contributed by atoms with E-state index in [0.717, 1.165) is 43.2 Å². The SMILES string of the molecule is Cc1ccnc2c1C1=CCC(CC1)OC[C@H]1[C@@H](NC(=O)OC(C)(C)C)CCCN1C(=O)CO2. The Morgan fingerprint density at radius 3 is 2.85 bits per heavy atom. The summed E-state index contributed by atoms with van der Waals surface area (Å²) in [5, 5.41) is 2.99. The molecule has 0 spiro atoms. The number of nitrogens with zero attached hydrogens (tertiary/aromatic N) is 2. The molecular weight excluding hydrogens is 422 g/mol. The van der Waals surface area contributed by atoms with Gasteiger partial charge in [0.05, 0.1) is 24.8 Å². The lowest BCUT2D eigenvalue weighted by Crippen LogP contribution is -2.60. The number of nitrogens with one attached hydrogen (secondary N) is 1. The number of aromatic nitrogens is 1. The summed E-state index contributed by atoms with van der Waals surface area (Å²) in [5.41, 5.74) is 2.69. The molecule has 3 atom stereocenters. The van der Waals surface area contributed by atoms with Crippen molar-refractivity contribution in [3.63, 3.8) is 0 Å². The van der Waals surface area contributed by atoms with Crippen LogP contribution in [-0.2, 0) is 14.3 Å². The van der Waals surface area contributed by atoms with Crippen molar-refractivity contribution < 1.29 is 23.8 Å². The molecule has 1 aromatic rings. The maximum Gasteiger partial charge on any atom is 0.407 e. The Hall–Kier alpha value is -2.61. The van der Waals surface area contributed by atoms with Crippen LogP contribution in [0.15, 0.2) is 18.3 Å². The summed E-state index contributed by atoms with van der Waals surface area (Å²) in [6, 6.07) is 1.45. The minimum absolute atomic E-state index is 0.0805. The predicted molar refractivity (Wildman–Crippen MR) is 124 cm³/mol. The van der Waals surface area contributed by atoms with Gasteiger partial charge in [0.1, 0.15) is 5.60 Å². The van der Waals surface area contributed by atoms with Crippen LogP contribution >= 0.6 is 0 Å². The number of alkyl carbamates (subject to hydrolysis) is 1. The van der Waals surface area contributed by atoms with Crippen molar-refractivity contribution in [2.45, 2.75) is 83.6 Å². The molecule has 3 aliphatic heterocycles. The van der Waals surface area contributed by atoms with Crippen molar-refractivity contribution in [1.82, 2.24) is 15.2 Å². The highest BCUT2D eigenvalue weighted by Crippen LogP contribution is 2.35. The van der Waals surface area contributed by atoms with Crippen LogP contribution in [0.5, 0.6) is 5.88 Å². The molecule has 0 saturated carbocycles. The van der Waals surface area contributed by atoms with Gasteiger partial charge in [-0.05, 0) is 77.0 Å². The van der Waals surface area contributed by atoms with Crippen LogP contribution in [0.25, 0.3) is 5.57 Å². The average Bonchev–Trinajstić information content (AvgIpc) is 2.76. The van der Waals surface area contributed by atoms with Gasteiger partial charge in [-0.3, -0.25) is 4.79 Å². The van der Waals surface area contributed by atoms with Crippen molar-refractivity contribution in [2.75, 3.05) is 19.8 Å². The molecule has 1 saturated heterocycles. The zero-order valence-corrected chi connectivity index (χ0v) is 20.1. The molecule has 0 aromatic carbocycles. The molecule has 8 nitrogen and oxygen atoms in total. The third kappa shape index (κ3) is 5.66. The smallest absolute Gasteiger partial charge is 0.407 e. The Labute approximate surface area is 195 Å². The summed E-state index contributed by atoms with van der Waals surface area (Å²) in [7, 11) is 0. The predicted octanol–water partition coefficient (Wildman–Crippen LogP) is 3.62. The molecule has 5 rings (SSSR count). The second kappa shape index (κ2) is 9.71. The van der Waals surface area contributed by atoms with E-state index in [4.69, 9.17) is 14.2 Å². The molecular formula is C25H35N3O5. The molecule has 2 amide bonds. The van der Waals surface area contributed by atoms with E-state index in [2.05, 4.69) is 16.4 Å². The molecule has 0 radical (unpaired) electrons. The number of hydrogen-bond acceptors (Lipinski definition) is 6. The van der Waals surface area contributed by atoms with Gasteiger partial charge >= 0.3 is 6.09 Å². The number of carbonyl (C=O) groups excluding carboxylic acids is 2. The molecule has 8 heteroatoms. The van der Waals surface area contributed by atoms with Crippen molar-refractivity contribution in [3.8, 4) is 5.88 Å². The topological polar surface area (TPSA) is 90.0 Å². The number of amides is 2. The van der Waals surface area contributed by atoms with Gasteiger partial charge in [0, 0.05) is 18.3 Å². The molecule has 33 heavy (non-hydrogen) atoms. The molecule has 4 aliphatic rings. The highest BCUT2D eigenvalue weighted by molar-refractivity contribution is 5.79. The monoisotopic (exact) mass is 457 g/mol.